The number of hydrogen-bond donors (Lipinski definition) is 1. The summed E-state index contributed by atoms with van der Waals surface area (Å²) in [6.45, 7) is 4.65. The van der Waals surface area contributed by atoms with Crippen LogP contribution in [0, 0.1) is 0 Å². The summed E-state index contributed by atoms with van der Waals surface area (Å²) in [4.78, 5) is 4.43. The SMILES string of the molecule is COc1cc(C(C)C)ccc1-c1nc(CN)nn1C. The summed E-state index contributed by atoms with van der Waals surface area (Å²) in [7, 11) is 3.53. The molecule has 0 saturated heterocycles. The monoisotopic (exact) mass is 260 g/mol. The van der Waals surface area contributed by atoms with E-state index < -0.39 is 0 Å². The first-order chi connectivity index (χ1) is 9.06. The van der Waals surface area contributed by atoms with Gasteiger partial charge in [0.05, 0.1) is 19.2 Å². The van der Waals surface area contributed by atoms with Crippen LogP contribution in [0.2, 0.25) is 0 Å². The molecule has 2 rings (SSSR count). The van der Waals surface area contributed by atoms with Crippen molar-refractivity contribution in [2.24, 2.45) is 12.8 Å². The molecule has 0 aliphatic carbocycles. The van der Waals surface area contributed by atoms with Crippen LogP contribution < -0.4 is 10.5 Å². The standard InChI is InChI=1S/C14H20N4O/c1-9(2)10-5-6-11(12(7-10)19-4)14-16-13(8-15)17-18(14)3/h5-7,9H,8,15H2,1-4H3. The van der Waals surface area contributed by atoms with Crippen molar-refractivity contribution in [2.75, 3.05) is 7.11 Å². The molecule has 102 valence electrons. The second kappa shape index (κ2) is 5.40. The Morgan fingerprint density at radius 2 is 2.11 bits per heavy atom. The van der Waals surface area contributed by atoms with Crippen molar-refractivity contribution in [3.05, 3.63) is 29.6 Å². The molecular formula is C14H20N4O. The van der Waals surface area contributed by atoms with Crippen LogP contribution in [-0.2, 0) is 13.6 Å². The van der Waals surface area contributed by atoms with E-state index >= 15 is 0 Å². The van der Waals surface area contributed by atoms with E-state index in [1.165, 1.54) is 5.56 Å². The molecule has 2 aromatic rings. The second-order valence-electron chi connectivity index (χ2n) is 4.79. The maximum absolute atomic E-state index is 5.57. The fraction of sp³-hybridized carbons (Fsp3) is 0.429. The number of nitrogens with two attached hydrogens (primary N) is 1. The van der Waals surface area contributed by atoms with Crippen molar-refractivity contribution < 1.29 is 4.74 Å². The molecule has 0 aliphatic heterocycles. The van der Waals surface area contributed by atoms with Gasteiger partial charge in [-0.15, -0.1) is 0 Å². The van der Waals surface area contributed by atoms with Crippen molar-refractivity contribution in [2.45, 2.75) is 26.3 Å². The van der Waals surface area contributed by atoms with E-state index in [1.54, 1.807) is 11.8 Å². The van der Waals surface area contributed by atoms with E-state index in [0.29, 0.717) is 18.3 Å². The minimum Gasteiger partial charge on any atom is -0.496 e. The Hall–Kier alpha value is -1.88. The Bertz CT molecular complexity index is 575. The predicted molar refractivity (Wildman–Crippen MR) is 75.0 cm³/mol. The second-order valence-corrected chi connectivity index (χ2v) is 4.79. The third kappa shape index (κ3) is 2.61. The van der Waals surface area contributed by atoms with E-state index in [0.717, 1.165) is 17.1 Å². The van der Waals surface area contributed by atoms with Crippen LogP contribution in [0.5, 0.6) is 5.75 Å². The summed E-state index contributed by atoms with van der Waals surface area (Å²) < 4.78 is 7.21. The first-order valence-corrected chi connectivity index (χ1v) is 6.35. The van der Waals surface area contributed by atoms with Gasteiger partial charge >= 0.3 is 0 Å². The fourth-order valence-corrected chi connectivity index (χ4v) is 2.01. The van der Waals surface area contributed by atoms with Crippen molar-refractivity contribution in [1.82, 2.24) is 14.8 Å². The van der Waals surface area contributed by atoms with E-state index in [9.17, 15) is 0 Å². The molecule has 0 amide bonds. The lowest BCUT2D eigenvalue weighted by Crippen LogP contribution is -1.99. The first kappa shape index (κ1) is 13.5. The highest BCUT2D eigenvalue weighted by Gasteiger charge is 2.14. The van der Waals surface area contributed by atoms with Crippen molar-refractivity contribution in [3.63, 3.8) is 0 Å². The lowest BCUT2D eigenvalue weighted by atomic mass is 10.0. The number of benzene rings is 1. The average Bonchev–Trinajstić information content (AvgIpc) is 2.79. The number of nitrogens with zero attached hydrogens (tertiary/aromatic N) is 3. The Morgan fingerprint density at radius 1 is 1.37 bits per heavy atom. The molecule has 2 N–H and O–H groups in total. The fourth-order valence-electron chi connectivity index (χ4n) is 2.01. The maximum Gasteiger partial charge on any atom is 0.164 e. The van der Waals surface area contributed by atoms with Crippen LogP contribution in [0.15, 0.2) is 18.2 Å². The average molecular weight is 260 g/mol. The number of hydrogen-bond acceptors (Lipinski definition) is 4. The molecule has 0 unspecified atom stereocenters. The summed E-state index contributed by atoms with van der Waals surface area (Å²) in [6, 6.07) is 6.18. The van der Waals surface area contributed by atoms with Gasteiger partial charge < -0.3 is 10.5 Å². The van der Waals surface area contributed by atoms with Crippen LogP contribution in [0.3, 0.4) is 0 Å². The van der Waals surface area contributed by atoms with Gasteiger partial charge in [-0.05, 0) is 23.6 Å². The zero-order valence-corrected chi connectivity index (χ0v) is 11.8. The van der Waals surface area contributed by atoms with Gasteiger partial charge in [-0.3, -0.25) is 0 Å². The Labute approximate surface area is 113 Å². The molecule has 0 bridgehead atoms. The summed E-state index contributed by atoms with van der Waals surface area (Å²) >= 11 is 0. The van der Waals surface area contributed by atoms with Crippen molar-refractivity contribution in [1.29, 1.82) is 0 Å². The quantitative estimate of drug-likeness (QED) is 0.914. The van der Waals surface area contributed by atoms with Crippen LogP contribution in [-0.4, -0.2) is 21.9 Å². The highest BCUT2D eigenvalue weighted by atomic mass is 16.5. The highest BCUT2D eigenvalue weighted by molar-refractivity contribution is 5.65. The van der Waals surface area contributed by atoms with Crippen molar-refractivity contribution >= 4 is 0 Å². The Kier molecular flexibility index (Phi) is 3.85. The third-order valence-electron chi connectivity index (χ3n) is 3.12. The molecule has 1 aromatic carbocycles. The zero-order chi connectivity index (χ0) is 14.0. The number of aromatic nitrogens is 3. The highest BCUT2D eigenvalue weighted by Crippen LogP contribution is 2.31. The molecule has 0 radical (unpaired) electrons. The van der Waals surface area contributed by atoms with Gasteiger partial charge in [0.2, 0.25) is 0 Å². The van der Waals surface area contributed by atoms with Crippen LogP contribution in [0.4, 0.5) is 0 Å². The van der Waals surface area contributed by atoms with Gasteiger partial charge in [-0.1, -0.05) is 19.9 Å². The van der Waals surface area contributed by atoms with Gasteiger partial charge in [0.1, 0.15) is 5.75 Å². The molecule has 0 aliphatic rings. The van der Waals surface area contributed by atoms with Gasteiger partial charge in [0, 0.05) is 7.05 Å². The largest absolute Gasteiger partial charge is 0.496 e. The number of ether oxygens (including phenoxy) is 1. The smallest absolute Gasteiger partial charge is 0.164 e. The predicted octanol–water partition coefficient (Wildman–Crippen LogP) is 2.07. The Balaban J connectivity index is 2.52. The van der Waals surface area contributed by atoms with E-state index in [-0.39, 0.29) is 0 Å². The Morgan fingerprint density at radius 3 is 2.63 bits per heavy atom. The van der Waals surface area contributed by atoms with Gasteiger partial charge in [-0.2, -0.15) is 5.10 Å². The van der Waals surface area contributed by atoms with Crippen molar-refractivity contribution in [3.8, 4) is 17.1 Å². The topological polar surface area (TPSA) is 66.0 Å². The third-order valence-corrected chi connectivity index (χ3v) is 3.12. The molecule has 19 heavy (non-hydrogen) atoms. The van der Waals surface area contributed by atoms with E-state index in [2.05, 4.69) is 36.1 Å². The van der Waals surface area contributed by atoms with Crippen LogP contribution in [0.25, 0.3) is 11.4 Å². The molecule has 5 nitrogen and oxygen atoms in total. The van der Waals surface area contributed by atoms with Crippen LogP contribution in [0.1, 0.15) is 31.2 Å². The summed E-state index contributed by atoms with van der Waals surface area (Å²) in [6.07, 6.45) is 0. The van der Waals surface area contributed by atoms with E-state index in [4.69, 9.17) is 10.5 Å². The molecule has 0 atom stereocenters. The number of methoxy groups -OCH3 is 1. The lowest BCUT2D eigenvalue weighted by Gasteiger charge is -2.12. The molecule has 5 heteroatoms. The first-order valence-electron chi connectivity index (χ1n) is 6.35. The normalized spacial score (nSPS) is 11.1. The van der Waals surface area contributed by atoms with Gasteiger partial charge in [-0.25, -0.2) is 9.67 Å². The van der Waals surface area contributed by atoms with Gasteiger partial charge in [0.25, 0.3) is 0 Å². The zero-order valence-electron chi connectivity index (χ0n) is 11.8. The summed E-state index contributed by atoms with van der Waals surface area (Å²) in [5.41, 5.74) is 7.74. The van der Waals surface area contributed by atoms with E-state index in [1.807, 2.05) is 13.1 Å². The van der Waals surface area contributed by atoms with Gasteiger partial charge in [0.15, 0.2) is 11.6 Å². The molecule has 0 saturated carbocycles. The minimum absolute atomic E-state index is 0.334. The lowest BCUT2D eigenvalue weighted by molar-refractivity contribution is 0.415. The summed E-state index contributed by atoms with van der Waals surface area (Å²) in [5.74, 6) is 2.67. The molecular weight excluding hydrogens is 240 g/mol. The molecule has 0 fully saturated rings. The number of rotatable bonds is 4. The summed E-state index contributed by atoms with van der Waals surface area (Å²) in [5, 5.41) is 4.26. The molecule has 0 spiro atoms. The maximum atomic E-state index is 5.57. The van der Waals surface area contributed by atoms with Crippen LogP contribution >= 0.6 is 0 Å². The minimum atomic E-state index is 0.334. The number of aryl methyl sites for hydroxylation is 1. The molecule has 1 aromatic heterocycles. The molecule has 1 heterocycles.